The Morgan fingerprint density at radius 3 is 2.17 bits per heavy atom. The monoisotopic (exact) mass is 316 g/mol. The minimum Gasteiger partial charge on any atom is -0.326 e. The van der Waals surface area contributed by atoms with E-state index in [9.17, 15) is 18.4 Å². The summed E-state index contributed by atoms with van der Waals surface area (Å²) in [6.45, 7) is 0.234. The van der Waals surface area contributed by atoms with Crippen LogP contribution in [0.15, 0.2) is 48.5 Å². The summed E-state index contributed by atoms with van der Waals surface area (Å²) in [5.74, 6) is -1.75. The summed E-state index contributed by atoms with van der Waals surface area (Å²) in [4.78, 5) is 25.8. The Morgan fingerprint density at radius 1 is 1.00 bits per heavy atom. The Labute approximate surface area is 131 Å². The van der Waals surface area contributed by atoms with Gasteiger partial charge in [0.2, 0.25) is 11.8 Å². The van der Waals surface area contributed by atoms with E-state index in [0.29, 0.717) is 11.4 Å². The first-order valence-corrected chi connectivity index (χ1v) is 7.15. The van der Waals surface area contributed by atoms with Crippen molar-refractivity contribution >= 4 is 23.2 Å². The molecule has 4 nitrogen and oxygen atoms in total. The molecule has 6 heteroatoms. The van der Waals surface area contributed by atoms with Crippen molar-refractivity contribution < 1.29 is 18.4 Å². The molecule has 118 valence electrons. The van der Waals surface area contributed by atoms with E-state index in [1.54, 1.807) is 0 Å². The number of halogens is 2. The van der Waals surface area contributed by atoms with Crippen LogP contribution in [0.25, 0.3) is 0 Å². The molecule has 0 bridgehead atoms. The minimum atomic E-state index is -0.502. The number of hydrogen-bond donors (Lipinski definition) is 1. The van der Waals surface area contributed by atoms with Crippen molar-refractivity contribution in [1.82, 2.24) is 0 Å². The molecule has 0 spiro atoms. The molecule has 0 saturated carbocycles. The van der Waals surface area contributed by atoms with Crippen molar-refractivity contribution in [3.8, 4) is 0 Å². The molecule has 1 saturated heterocycles. The zero-order valence-electron chi connectivity index (χ0n) is 12.1. The van der Waals surface area contributed by atoms with Gasteiger partial charge in [-0.1, -0.05) is 0 Å². The molecule has 1 fully saturated rings. The first-order chi connectivity index (χ1) is 11.0. The average molecular weight is 316 g/mol. The van der Waals surface area contributed by atoms with Gasteiger partial charge >= 0.3 is 0 Å². The normalized spacial score (nSPS) is 17.4. The Kier molecular flexibility index (Phi) is 4.06. The quantitative estimate of drug-likeness (QED) is 0.946. The molecule has 1 N–H and O–H groups in total. The molecule has 2 aromatic rings. The number of carbonyl (C=O) groups is 2. The number of carbonyl (C=O) groups excluding carboxylic acids is 2. The van der Waals surface area contributed by atoms with Gasteiger partial charge in [0.15, 0.2) is 0 Å². The number of benzene rings is 2. The summed E-state index contributed by atoms with van der Waals surface area (Å²) in [5.41, 5.74) is 1.04. The topological polar surface area (TPSA) is 49.4 Å². The van der Waals surface area contributed by atoms with Crippen LogP contribution in [-0.4, -0.2) is 18.4 Å². The second kappa shape index (κ2) is 6.16. The van der Waals surface area contributed by atoms with E-state index < -0.39 is 5.92 Å². The number of amides is 2. The maximum absolute atomic E-state index is 13.0. The van der Waals surface area contributed by atoms with Crippen molar-refractivity contribution in [3.63, 3.8) is 0 Å². The van der Waals surface area contributed by atoms with Crippen molar-refractivity contribution in [1.29, 1.82) is 0 Å². The van der Waals surface area contributed by atoms with Crippen LogP contribution >= 0.6 is 0 Å². The number of nitrogens with one attached hydrogen (secondary N) is 1. The van der Waals surface area contributed by atoms with Crippen molar-refractivity contribution in [2.45, 2.75) is 6.42 Å². The van der Waals surface area contributed by atoms with Crippen LogP contribution in [0, 0.1) is 17.6 Å². The van der Waals surface area contributed by atoms with Gasteiger partial charge < -0.3 is 10.2 Å². The predicted molar refractivity (Wildman–Crippen MR) is 81.9 cm³/mol. The van der Waals surface area contributed by atoms with E-state index in [-0.39, 0.29) is 36.4 Å². The molecule has 3 rings (SSSR count). The van der Waals surface area contributed by atoms with Crippen LogP contribution in [0.1, 0.15) is 6.42 Å². The molecule has 1 unspecified atom stereocenters. The van der Waals surface area contributed by atoms with Crippen LogP contribution in [0.2, 0.25) is 0 Å². The van der Waals surface area contributed by atoms with Gasteiger partial charge in [-0.05, 0) is 48.5 Å². The second-order valence-corrected chi connectivity index (χ2v) is 5.38. The number of rotatable bonds is 3. The summed E-state index contributed by atoms with van der Waals surface area (Å²) in [6, 6.07) is 11.0. The molecule has 0 aromatic heterocycles. The molecule has 1 aliphatic heterocycles. The standard InChI is InChI=1S/C17H14F2N2O2/c18-12-1-5-14(6-2-12)20-17(23)11-9-16(22)21(10-11)15-7-3-13(19)4-8-15/h1-8,11H,9-10H2,(H,20,23). The van der Waals surface area contributed by atoms with Crippen LogP contribution in [0.4, 0.5) is 20.2 Å². The largest absolute Gasteiger partial charge is 0.326 e. The van der Waals surface area contributed by atoms with Gasteiger partial charge in [-0.25, -0.2) is 8.78 Å². The third-order valence-electron chi connectivity index (χ3n) is 3.75. The first kappa shape index (κ1) is 15.1. The van der Waals surface area contributed by atoms with E-state index in [2.05, 4.69) is 5.32 Å². The van der Waals surface area contributed by atoms with Gasteiger partial charge in [-0.15, -0.1) is 0 Å². The molecule has 2 aromatic carbocycles. The second-order valence-electron chi connectivity index (χ2n) is 5.38. The highest BCUT2D eigenvalue weighted by Gasteiger charge is 2.35. The van der Waals surface area contributed by atoms with E-state index >= 15 is 0 Å². The smallest absolute Gasteiger partial charge is 0.229 e. The number of hydrogen-bond acceptors (Lipinski definition) is 2. The van der Waals surface area contributed by atoms with Gasteiger partial charge in [-0.3, -0.25) is 9.59 Å². The van der Waals surface area contributed by atoms with Gasteiger partial charge in [0.05, 0.1) is 5.92 Å². The van der Waals surface area contributed by atoms with Crippen LogP contribution in [0.5, 0.6) is 0 Å². The minimum absolute atomic E-state index is 0.0877. The van der Waals surface area contributed by atoms with Crippen LogP contribution < -0.4 is 10.2 Å². The van der Waals surface area contributed by atoms with Gasteiger partial charge in [-0.2, -0.15) is 0 Å². The third kappa shape index (κ3) is 3.36. The van der Waals surface area contributed by atoms with Gasteiger partial charge in [0.25, 0.3) is 0 Å². The molecule has 2 amide bonds. The van der Waals surface area contributed by atoms with E-state index in [0.717, 1.165) is 0 Å². The average Bonchev–Trinajstić information content (AvgIpc) is 2.92. The fourth-order valence-corrected chi connectivity index (χ4v) is 2.53. The lowest BCUT2D eigenvalue weighted by Crippen LogP contribution is -2.28. The summed E-state index contributed by atoms with van der Waals surface area (Å²) in [6.07, 6.45) is 0.0877. The first-order valence-electron chi connectivity index (χ1n) is 7.15. The Hall–Kier alpha value is -2.76. The maximum atomic E-state index is 13.0. The fourth-order valence-electron chi connectivity index (χ4n) is 2.53. The lowest BCUT2D eigenvalue weighted by atomic mass is 10.1. The van der Waals surface area contributed by atoms with E-state index in [1.165, 1.54) is 53.4 Å². The predicted octanol–water partition coefficient (Wildman–Crippen LogP) is 2.96. The number of nitrogens with zero attached hydrogens (tertiary/aromatic N) is 1. The molecule has 1 atom stereocenters. The number of anilines is 2. The zero-order valence-corrected chi connectivity index (χ0v) is 12.1. The molecular weight excluding hydrogens is 302 g/mol. The Bertz CT molecular complexity index is 729. The molecule has 0 radical (unpaired) electrons. The Balaban J connectivity index is 1.68. The molecule has 0 aliphatic carbocycles. The van der Waals surface area contributed by atoms with Crippen LogP contribution in [-0.2, 0) is 9.59 Å². The lowest BCUT2D eigenvalue weighted by molar-refractivity contribution is -0.122. The molecule has 1 aliphatic rings. The highest BCUT2D eigenvalue weighted by atomic mass is 19.1. The molecular formula is C17H14F2N2O2. The Morgan fingerprint density at radius 2 is 1.57 bits per heavy atom. The SMILES string of the molecule is O=C(Nc1ccc(F)cc1)C1CC(=O)N(c2ccc(F)cc2)C1. The summed E-state index contributed by atoms with van der Waals surface area (Å²) in [5, 5.41) is 2.67. The highest BCUT2D eigenvalue weighted by molar-refractivity contribution is 6.03. The summed E-state index contributed by atoms with van der Waals surface area (Å²) in [7, 11) is 0. The third-order valence-corrected chi connectivity index (χ3v) is 3.75. The van der Waals surface area contributed by atoms with Crippen molar-refractivity contribution in [2.24, 2.45) is 5.92 Å². The van der Waals surface area contributed by atoms with Crippen LogP contribution in [0.3, 0.4) is 0 Å². The van der Waals surface area contributed by atoms with E-state index in [1.807, 2.05) is 0 Å². The van der Waals surface area contributed by atoms with Crippen molar-refractivity contribution in [3.05, 3.63) is 60.2 Å². The summed E-state index contributed by atoms with van der Waals surface area (Å²) >= 11 is 0. The zero-order chi connectivity index (χ0) is 16.4. The highest BCUT2D eigenvalue weighted by Crippen LogP contribution is 2.26. The maximum Gasteiger partial charge on any atom is 0.229 e. The van der Waals surface area contributed by atoms with Gasteiger partial charge in [0, 0.05) is 24.3 Å². The lowest BCUT2D eigenvalue weighted by Gasteiger charge is -2.16. The van der Waals surface area contributed by atoms with Crippen molar-refractivity contribution in [2.75, 3.05) is 16.8 Å². The van der Waals surface area contributed by atoms with E-state index in [4.69, 9.17) is 0 Å². The molecule has 23 heavy (non-hydrogen) atoms. The van der Waals surface area contributed by atoms with Gasteiger partial charge in [0.1, 0.15) is 11.6 Å². The summed E-state index contributed by atoms with van der Waals surface area (Å²) < 4.78 is 25.8. The molecule has 1 heterocycles. The fraction of sp³-hybridized carbons (Fsp3) is 0.176.